The van der Waals surface area contributed by atoms with Crippen LogP contribution in [0.4, 0.5) is 22.0 Å². The maximum absolute atomic E-state index is 13.8. The molecule has 28 heavy (non-hydrogen) atoms. The fraction of sp³-hybridized carbons (Fsp3) is 0.176. The SMILES string of the molecule is O=C1NCCn2nc(-c3ccnc(-c4cc(F)c(C(F)(F)F)c(F)c4)n3)cc21. The van der Waals surface area contributed by atoms with Crippen LogP contribution < -0.4 is 5.32 Å². The summed E-state index contributed by atoms with van der Waals surface area (Å²) >= 11 is 0. The molecule has 1 aliphatic heterocycles. The van der Waals surface area contributed by atoms with Crippen molar-refractivity contribution in [3.63, 3.8) is 0 Å². The van der Waals surface area contributed by atoms with Gasteiger partial charge in [-0.15, -0.1) is 0 Å². The molecule has 3 heterocycles. The maximum Gasteiger partial charge on any atom is 0.422 e. The normalized spacial score (nSPS) is 14.0. The molecule has 0 bridgehead atoms. The summed E-state index contributed by atoms with van der Waals surface area (Å²) in [7, 11) is 0. The molecule has 1 amide bonds. The van der Waals surface area contributed by atoms with Crippen LogP contribution in [0.1, 0.15) is 16.1 Å². The molecule has 0 aliphatic carbocycles. The van der Waals surface area contributed by atoms with Crippen LogP contribution in [0, 0.1) is 11.6 Å². The van der Waals surface area contributed by atoms with E-state index < -0.39 is 23.4 Å². The molecule has 3 aromatic rings. The minimum absolute atomic E-state index is 0.181. The van der Waals surface area contributed by atoms with Gasteiger partial charge in [-0.1, -0.05) is 0 Å². The highest BCUT2D eigenvalue weighted by molar-refractivity contribution is 5.94. The third-order valence-corrected chi connectivity index (χ3v) is 4.12. The second-order valence-corrected chi connectivity index (χ2v) is 5.97. The topological polar surface area (TPSA) is 72.7 Å². The van der Waals surface area contributed by atoms with E-state index in [9.17, 15) is 26.7 Å². The van der Waals surface area contributed by atoms with Crippen molar-refractivity contribution >= 4 is 5.91 Å². The molecular formula is C17H10F5N5O. The zero-order chi connectivity index (χ0) is 20.1. The highest BCUT2D eigenvalue weighted by atomic mass is 19.4. The molecule has 0 unspecified atom stereocenters. The van der Waals surface area contributed by atoms with E-state index in [0.29, 0.717) is 36.6 Å². The molecule has 0 saturated carbocycles. The first-order valence-electron chi connectivity index (χ1n) is 8.00. The molecule has 1 N–H and O–H groups in total. The van der Waals surface area contributed by atoms with Crippen LogP contribution in [-0.4, -0.2) is 32.2 Å². The Morgan fingerprint density at radius 1 is 1.07 bits per heavy atom. The van der Waals surface area contributed by atoms with Gasteiger partial charge < -0.3 is 5.32 Å². The average molecular weight is 395 g/mol. The van der Waals surface area contributed by atoms with E-state index >= 15 is 0 Å². The van der Waals surface area contributed by atoms with E-state index in [4.69, 9.17) is 0 Å². The molecule has 0 radical (unpaired) electrons. The first-order valence-corrected chi connectivity index (χ1v) is 8.00. The van der Waals surface area contributed by atoms with Crippen molar-refractivity contribution in [1.29, 1.82) is 0 Å². The minimum atomic E-state index is -5.16. The quantitative estimate of drug-likeness (QED) is 0.677. The van der Waals surface area contributed by atoms with Crippen LogP contribution in [0.15, 0.2) is 30.5 Å². The number of nitrogens with one attached hydrogen (secondary N) is 1. The van der Waals surface area contributed by atoms with E-state index in [2.05, 4.69) is 20.4 Å². The van der Waals surface area contributed by atoms with E-state index in [1.165, 1.54) is 23.0 Å². The lowest BCUT2D eigenvalue weighted by atomic mass is 10.1. The Kier molecular flexibility index (Phi) is 4.09. The van der Waals surface area contributed by atoms with Crippen LogP contribution in [0.3, 0.4) is 0 Å². The maximum atomic E-state index is 13.8. The standard InChI is InChI=1S/C17H10F5N5O/c18-9-5-8(6-10(19)14(9)17(20,21)22)15-23-2-1-11(25-15)12-7-13-16(28)24-3-4-27(13)26-12/h1-2,5-7H,3-4H2,(H,24,28). The molecule has 0 spiro atoms. The van der Waals surface area contributed by atoms with Crippen LogP contribution in [0.5, 0.6) is 0 Å². The second-order valence-electron chi connectivity index (χ2n) is 5.97. The van der Waals surface area contributed by atoms with Gasteiger partial charge in [0.1, 0.15) is 28.6 Å². The van der Waals surface area contributed by atoms with Gasteiger partial charge in [-0.05, 0) is 24.3 Å². The summed E-state index contributed by atoms with van der Waals surface area (Å²) in [4.78, 5) is 19.8. The number of fused-ring (bicyclic) bond motifs is 1. The molecule has 0 saturated heterocycles. The first-order chi connectivity index (χ1) is 13.2. The summed E-state index contributed by atoms with van der Waals surface area (Å²) in [6.07, 6.45) is -3.88. The number of halogens is 5. The van der Waals surface area contributed by atoms with Crippen LogP contribution in [0.2, 0.25) is 0 Å². The molecule has 0 atom stereocenters. The zero-order valence-corrected chi connectivity index (χ0v) is 13.9. The summed E-state index contributed by atoms with van der Waals surface area (Å²) in [6, 6.07) is 4.01. The Bertz CT molecular complexity index is 1070. The monoisotopic (exact) mass is 395 g/mol. The summed E-state index contributed by atoms with van der Waals surface area (Å²) in [5, 5.41) is 6.92. The molecular weight excluding hydrogens is 385 g/mol. The lowest BCUT2D eigenvalue weighted by molar-refractivity contribution is -0.142. The molecule has 11 heteroatoms. The van der Waals surface area contributed by atoms with Gasteiger partial charge in [-0.3, -0.25) is 9.48 Å². The van der Waals surface area contributed by atoms with Gasteiger partial charge in [-0.25, -0.2) is 18.7 Å². The number of aromatic nitrogens is 4. The number of amides is 1. The van der Waals surface area contributed by atoms with Gasteiger partial charge in [0, 0.05) is 18.3 Å². The first kappa shape index (κ1) is 18.0. The Morgan fingerprint density at radius 2 is 1.79 bits per heavy atom. The molecule has 1 aliphatic rings. The number of nitrogens with zero attached hydrogens (tertiary/aromatic N) is 4. The Hall–Kier alpha value is -3.37. The summed E-state index contributed by atoms with van der Waals surface area (Å²) in [5.41, 5.74) is -1.33. The van der Waals surface area contributed by atoms with Crippen LogP contribution in [-0.2, 0) is 12.7 Å². The van der Waals surface area contributed by atoms with Gasteiger partial charge in [0.2, 0.25) is 0 Å². The summed E-state index contributed by atoms with van der Waals surface area (Å²) < 4.78 is 67.3. The molecule has 1 aromatic carbocycles. The summed E-state index contributed by atoms with van der Waals surface area (Å²) in [6.45, 7) is 0.889. The molecule has 144 valence electrons. The number of carbonyl (C=O) groups excluding carboxylic acids is 1. The van der Waals surface area contributed by atoms with E-state index in [1.54, 1.807) is 0 Å². The second kappa shape index (κ2) is 6.36. The predicted octanol–water partition coefficient (Wildman–Crippen LogP) is 3.05. The minimum Gasteiger partial charge on any atom is -0.349 e. The van der Waals surface area contributed by atoms with E-state index in [1.807, 2.05) is 0 Å². The Labute approximate surface area is 154 Å². The smallest absolute Gasteiger partial charge is 0.349 e. The van der Waals surface area contributed by atoms with E-state index in [-0.39, 0.29) is 23.0 Å². The third kappa shape index (κ3) is 3.08. The number of alkyl halides is 3. The van der Waals surface area contributed by atoms with Gasteiger partial charge >= 0.3 is 6.18 Å². The van der Waals surface area contributed by atoms with Crippen molar-refractivity contribution in [1.82, 2.24) is 25.1 Å². The van der Waals surface area contributed by atoms with Crippen LogP contribution >= 0.6 is 0 Å². The fourth-order valence-electron chi connectivity index (χ4n) is 2.87. The lowest BCUT2D eigenvalue weighted by Crippen LogP contribution is -2.35. The van der Waals surface area contributed by atoms with Crippen molar-refractivity contribution < 1.29 is 26.7 Å². The zero-order valence-electron chi connectivity index (χ0n) is 13.9. The Balaban J connectivity index is 1.75. The lowest BCUT2D eigenvalue weighted by Gasteiger charge is -2.13. The largest absolute Gasteiger partial charge is 0.422 e. The van der Waals surface area contributed by atoms with E-state index in [0.717, 1.165) is 0 Å². The molecule has 0 fully saturated rings. The van der Waals surface area contributed by atoms with Crippen molar-refractivity contribution in [3.05, 3.63) is 53.4 Å². The third-order valence-electron chi connectivity index (χ3n) is 4.12. The molecule has 6 nitrogen and oxygen atoms in total. The van der Waals surface area contributed by atoms with Crippen molar-refractivity contribution in [3.8, 4) is 22.8 Å². The fourth-order valence-corrected chi connectivity index (χ4v) is 2.87. The molecule has 2 aromatic heterocycles. The Morgan fingerprint density at radius 3 is 2.43 bits per heavy atom. The highest BCUT2D eigenvalue weighted by Gasteiger charge is 2.38. The van der Waals surface area contributed by atoms with Gasteiger partial charge in [0.15, 0.2) is 5.82 Å². The number of benzene rings is 1. The van der Waals surface area contributed by atoms with Gasteiger partial charge in [0.05, 0.1) is 12.2 Å². The number of rotatable bonds is 2. The van der Waals surface area contributed by atoms with Gasteiger partial charge in [0.25, 0.3) is 5.91 Å². The number of hydrogen-bond acceptors (Lipinski definition) is 4. The number of hydrogen-bond donors (Lipinski definition) is 1. The number of carbonyl (C=O) groups is 1. The van der Waals surface area contributed by atoms with Gasteiger partial charge in [-0.2, -0.15) is 18.3 Å². The van der Waals surface area contributed by atoms with Crippen LogP contribution in [0.25, 0.3) is 22.8 Å². The molecule has 4 rings (SSSR count). The highest BCUT2D eigenvalue weighted by Crippen LogP contribution is 2.35. The van der Waals surface area contributed by atoms with Crippen molar-refractivity contribution in [2.45, 2.75) is 12.7 Å². The van der Waals surface area contributed by atoms with Crippen molar-refractivity contribution in [2.24, 2.45) is 0 Å². The summed E-state index contributed by atoms with van der Waals surface area (Å²) in [5.74, 6) is -4.00. The predicted molar refractivity (Wildman–Crippen MR) is 85.9 cm³/mol. The van der Waals surface area contributed by atoms with Crippen molar-refractivity contribution in [2.75, 3.05) is 6.54 Å². The average Bonchev–Trinajstić information content (AvgIpc) is 3.06.